The molecule has 4 nitrogen and oxygen atoms in total. The Hall–Kier alpha value is -0.720. The van der Waals surface area contributed by atoms with Crippen molar-refractivity contribution >= 4 is 31.6 Å². The number of rotatable bonds is 5. The van der Waals surface area contributed by atoms with Crippen LogP contribution in [-0.2, 0) is 9.84 Å². The number of benzene rings is 1. The molecule has 110 valence electrons. The van der Waals surface area contributed by atoms with Crippen LogP contribution in [0.25, 0.3) is 0 Å². The average Bonchev–Trinajstić information content (AvgIpc) is 2.41. The van der Waals surface area contributed by atoms with Crippen molar-refractivity contribution in [3.05, 3.63) is 34.3 Å². The Balaban J connectivity index is 1.73. The summed E-state index contributed by atoms with van der Waals surface area (Å²) in [7, 11) is -2.82. The van der Waals surface area contributed by atoms with Gasteiger partial charge in [-0.3, -0.25) is 4.79 Å². The number of ketones is 1. The quantitative estimate of drug-likeness (QED) is 0.755. The summed E-state index contributed by atoms with van der Waals surface area (Å²) >= 11 is 3.34. The van der Waals surface area contributed by atoms with Gasteiger partial charge in [0.2, 0.25) is 0 Å². The van der Waals surface area contributed by atoms with Gasteiger partial charge in [0.25, 0.3) is 0 Å². The van der Waals surface area contributed by atoms with Crippen molar-refractivity contribution in [2.24, 2.45) is 0 Å². The molecule has 1 saturated heterocycles. The Morgan fingerprint density at radius 3 is 2.35 bits per heavy atom. The van der Waals surface area contributed by atoms with Gasteiger partial charge in [-0.05, 0) is 25.1 Å². The summed E-state index contributed by atoms with van der Waals surface area (Å²) in [5.74, 6) is 0.628. The van der Waals surface area contributed by atoms with Gasteiger partial charge < -0.3 is 4.90 Å². The molecule has 1 aliphatic rings. The number of carbonyl (C=O) groups excluding carboxylic acids is 1. The van der Waals surface area contributed by atoms with Crippen molar-refractivity contribution < 1.29 is 13.2 Å². The van der Waals surface area contributed by atoms with E-state index in [0.717, 1.165) is 23.0 Å². The van der Waals surface area contributed by atoms with Gasteiger partial charge in [-0.1, -0.05) is 28.1 Å². The molecule has 1 aromatic carbocycles. The summed E-state index contributed by atoms with van der Waals surface area (Å²) in [6, 6.07) is 7.37. The van der Waals surface area contributed by atoms with Gasteiger partial charge in [-0.25, -0.2) is 8.42 Å². The van der Waals surface area contributed by atoms with E-state index in [2.05, 4.69) is 20.8 Å². The smallest absolute Gasteiger partial charge is 0.162 e. The van der Waals surface area contributed by atoms with E-state index >= 15 is 0 Å². The van der Waals surface area contributed by atoms with Crippen LogP contribution in [0.3, 0.4) is 0 Å². The molecule has 1 aliphatic heterocycles. The summed E-state index contributed by atoms with van der Waals surface area (Å²) in [5.41, 5.74) is 0.731. The van der Waals surface area contributed by atoms with Crippen LogP contribution >= 0.6 is 15.9 Å². The summed E-state index contributed by atoms with van der Waals surface area (Å²) in [6.45, 7) is 1.97. The summed E-state index contributed by atoms with van der Waals surface area (Å²) in [4.78, 5) is 14.1. The minimum Gasteiger partial charge on any atom is -0.301 e. The highest BCUT2D eigenvalue weighted by atomic mass is 79.9. The van der Waals surface area contributed by atoms with Gasteiger partial charge in [-0.15, -0.1) is 0 Å². The molecule has 0 aliphatic carbocycles. The van der Waals surface area contributed by atoms with E-state index in [1.54, 1.807) is 0 Å². The van der Waals surface area contributed by atoms with E-state index < -0.39 is 9.84 Å². The molecule has 0 amide bonds. The van der Waals surface area contributed by atoms with Crippen molar-refractivity contribution in [2.75, 3.05) is 31.1 Å². The molecule has 0 bridgehead atoms. The van der Waals surface area contributed by atoms with E-state index in [0.29, 0.717) is 19.5 Å². The van der Waals surface area contributed by atoms with E-state index in [1.807, 2.05) is 24.3 Å². The standard InChI is InChI=1S/C14H18BrNO3S/c15-13-5-3-12(4-6-13)14(17)2-1-7-16-8-10-20(18,19)11-9-16/h3-6H,1-2,7-11H2. The van der Waals surface area contributed by atoms with E-state index in [4.69, 9.17) is 0 Å². The molecule has 0 saturated carbocycles. The van der Waals surface area contributed by atoms with Crippen LogP contribution in [0.15, 0.2) is 28.7 Å². The summed E-state index contributed by atoms with van der Waals surface area (Å²) in [5, 5.41) is 0. The molecule has 6 heteroatoms. The molecule has 0 N–H and O–H groups in total. The normalized spacial score (nSPS) is 18.9. The number of hydrogen-bond donors (Lipinski definition) is 0. The maximum absolute atomic E-state index is 12.0. The molecular weight excluding hydrogens is 342 g/mol. The number of halogens is 1. The first-order chi connectivity index (χ1) is 9.46. The number of Topliss-reactive ketones (excluding diaryl/α,β-unsaturated/α-hetero) is 1. The summed E-state index contributed by atoms with van der Waals surface area (Å²) in [6.07, 6.45) is 1.28. The maximum Gasteiger partial charge on any atom is 0.162 e. The van der Waals surface area contributed by atoms with E-state index in [1.165, 1.54) is 0 Å². The third kappa shape index (κ3) is 4.68. The third-order valence-electron chi connectivity index (χ3n) is 3.48. The molecule has 1 aromatic rings. The van der Waals surface area contributed by atoms with Gasteiger partial charge in [-0.2, -0.15) is 0 Å². The first-order valence-corrected chi connectivity index (χ1v) is 9.29. The second kappa shape index (κ2) is 6.83. The molecule has 0 radical (unpaired) electrons. The zero-order chi connectivity index (χ0) is 14.6. The van der Waals surface area contributed by atoms with Crippen LogP contribution in [0, 0.1) is 0 Å². The van der Waals surface area contributed by atoms with Gasteiger partial charge in [0.05, 0.1) is 11.5 Å². The predicted molar refractivity (Wildman–Crippen MR) is 82.8 cm³/mol. The molecule has 1 heterocycles. The van der Waals surface area contributed by atoms with Crippen LogP contribution in [-0.4, -0.2) is 50.2 Å². The first kappa shape index (κ1) is 15.7. The Bertz CT molecular complexity index is 555. The second-order valence-corrected chi connectivity index (χ2v) is 8.25. The zero-order valence-corrected chi connectivity index (χ0v) is 13.6. The molecule has 0 atom stereocenters. The lowest BCUT2D eigenvalue weighted by Crippen LogP contribution is -2.40. The number of hydrogen-bond acceptors (Lipinski definition) is 4. The maximum atomic E-state index is 12.0. The van der Waals surface area contributed by atoms with E-state index in [-0.39, 0.29) is 17.3 Å². The zero-order valence-electron chi connectivity index (χ0n) is 11.2. The van der Waals surface area contributed by atoms with Crippen LogP contribution in [0.1, 0.15) is 23.2 Å². The van der Waals surface area contributed by atoms with Crippen molar-refractivity contribution in [3.8, 4) is 0 Å². The van der Waals surface area contributed by atoms with Crippen LogP contribution in [0.4, 0.5) is 0 Å². The second-order valence-electron chi connectivity index (χ2n) is 5.03. The minimum atomic E-state index is -2.82. The Morgan fingerprint density at radius 2 is 1.75 bits per heavy atom. The van der Waals surface area contributed by atoms with Crippen molar-refractivity contribution in [1.82, 2.24) is 4.90 Å². The topological polar surface area (TPSA) is 54.5 Å². The van der Waals surface area contributed by atoms with Gasteiger partial charge >= 0.3 is 0 Å². The Labute approximate surface area is 128 Å². The number of carbonyl (C=O) groups is 1. The van der Waals surface area contributed by atoms with Gasteiger partial charge in [0, 0.05) is 29.5 Å². The van der Waals surface area contributed by atoms with Crippen molar-refractivity contribution in [2.45, 2.75) is 12.8 Å². The monoisotopic (exact) mass is 359 g/mol. The van der Waals surface area contributed by atoms with E-state index in [9.17, 15) is 13.2 Å². The highest BCUT2D eigenvalue weighted by Crippen LogP contribution is 2.13. The lowest BCUT2D eigenvalue weighted by atomic mass is 10.1. The Morgan fingerprint density at radius 1 is 1.15 bits per heavy atom. The van der Waals surface area contributed by atoms with Crippen LogP contribution in [0.2, 0.25) is 0 Å². The van der Waals surface area contributed by atoms with Crippen LogP contribution in [0.5, 0.6) is 0 Å². The molecule has 0 spiro atoms. The molecule has 1 fully saturated rings. The molecular formula is C14H18BrNO3S. The lowest BCUT2D eigenvalue weighted by Gasteiger charge is -2.26. The lowest BCUT2D eigenvalue weighted by molar-refractivity contribution is 0.0975. The fourth-order valence-corrected chi connectivity index (χ4v) is 3.76. The summed E-state index contributed by atoms with van der Waals surface area (Å²) < 4.78 is 23.6. The fraction of sp³-hybridized carbons (Fsp3) is 0.500. The van der Waals surface area contributed by atoms with Gasteiger partial charge in [0.15, 0.2) is 15.6 Å². The fourth-order valence-electron chi connectivity index (χ4n) is 2.22. The molecule has 2 rings (SSSR count). The molecule has 0 unspecified atom stereocenters. The third-order valence-corrected chi connectivity index (χ3v) is 5.62. The van der Waals surface area contributed by atoms with Gasteiger partial charge in [0.1, 0.15) is 0 Å². The minimum absolute atomic E-state index is 0.141. The number of nitrogens with zero attached hydrogens (tertiary/aromatic N) is 1. The van der Waals surface area contributed by atoms with Crippen molar-refractivity contribution in [1.29, 1.82) is 0 Å². The molecule has 20 heavy (non-hydrogen) atoms. The Kier molecular flexibility index (Phi) is 5.35. The highest BCUT2D eigenvalue weighted by Gasteiger charge is 2.21. The largest absolute Gasteiger partial charge is 0.301 e. The van der Waals surface area contributed by atoms with Crippen molar-refractivity contribution in [3.63, 3.8) is 0 Å². The predicted octanol–water partition coefficient (Wildman–Crippen LogP) is 2.14. The highest BCUT2D eigenvalue weighted by molar-refractivity contribution is 9.10. The SMILES string of the molecule is O=C(CCCN1CCS(=O)(=O)CC1)c1ccc(Br)cc1. The molecule has 0 aromatic heterocycles. The van der Waals surface area contributed by atoms with Crippen LogP contribution < -0.4 is 0 Å². The average molecular weight is 360 g/mol. The number of sulfone groups is 1. The first-order valence-electron chi connectivity index (χ1n) is 6.68.